The van der Waals surface area contributed by atoms with Gasteiger partial charge in [-0.1, -0.05) is 19.6 Å². The predicted molar refractivity (Wildman–Crippen MR) is 78.8 cm³/mol. The van der Waals surface area contributed by atoms with E-state index in [0.29, 0.717) is 17.0 Å². The molecule has 0 amide bonds. The van der Waals surface area contributed by atoms with E-state index >= 15 is 0 Å². The van der Waals surface area contributed by atoms with Crippen LogP contribution in [0, 0.1) is 6.92 Å². The highest BCUT2D eigenvalue weighted by Crippen LogP contribution is 2.18. The van der Waals surface area contributed by atoms with Crippen molar-refractivity contribution in [2.45, 2.75) is 46.3 Å². The first-order valence-corrected chi connectivity index (χ1v) is 10.5. The standard InChI is InChI=1S/C12H21BrN2O2Si/c1-9(16)11-12(13)14-10(2)15(11)8-17-6-7-18(3,4)5/h6-8H2,1-5H3. The van der Waals surface area contributed by atoms with E-state index in [0.717, 1.165) is 18.5 Å². The monoisotopic (exact) mass is 332 g/mol. The average molecular weight is 333 g/mol. The molecule has 0 bridgehead atoms. The summed E-state index contributed by atoms with van der Waals surface area (Å²) < 4.78 is 8.08. The Morgan fingerprint density at radius 3 is 2.56 bits per heavy atom. The first-order valence-electron chi connectivity index (χ1n) is 6.03. The van der Waals surface area contributed by atoms with Crippen molar-refractivity contribution in [3.05, 3.63) is 16.1 Å². The molecule has 1 rings (SSSR count). The fourth-order valence-corrected chi connectivity index (χ4v) is 3.06. The van der Waals surface area contributed by atoms with Crippen molar-refractivity contribution in [2.24, 2.45) is 0 Å². The molecular weight excluding hydrogens is 312 g/mol. The number of ketones is 1. The van der Waals surface area contributed by atoms with Gasteiger partial charge in [-0.25, -0.2) is 4.98 Å². The summed E-state index contributed by atoms with van der Waals surface area (Å²) in [7, 11) is -1.07. The molecule has 0 fully saturated rings. The maximum Gasteiger partial charge on any atom is 0.179 e. The van der Waals surface area contributed by atoms with Crippen molar-refractivity contribution in [3.63, 3.8) is 0 Å². The second-order valence-corrected chi connectivity index (χ2v) is 12.0. The van der Waals surface area contributed by atoms with Crippen LogP contribution in [-0.2, 0) is 11.5 Å². The quantitative estimate of drug-likeness (QED) is 0.455. The summed E-state index contributed by atoms with van der Waals surface area (Å²) in [5.74, 6) is 0.788. The molecule has 102 valence electrons. The lowest BCUT2D eigenvalue weighted by molar-refractivity contribution is 0.0798. The van der Waals surface area contributed by atoms with Crippen molar-refractivity contribution in [3.8, 4) is 0 Å². The fourth-order valence-electron chi connectivity index (χ4n) is 1.56. The maximum atomic E-state index is 11.6. The highest BCUT2D eigenvalue weighted by molar-refractivity contribution is 9.10. The number of halogens is 1. The molecule has 0 aliphatic carbocycles. The van der Waals surface area contributed by atoms with E-state index in [1.54, 1.807) is 6.92 Å². The molecule has 18 heavy (non-hydrogen) atoms. The number of Topliss-reactive ketones (excluding diaryl/α,β-unsaturated/α-hetero) is 1. The molecule has 0 aliphatic heterocycles. The molecule has 1 aromatic rings. The largest absolute Gasteiger partial charge is 0.361 e. The Hall–Kier alpha value is -0.463. The number of carbonyl (C=O) groups is 1. The van der Waals surface area contributed by atoms with Crippen molar-refractivity contribution in [1.82, 2.24) is 9.55 Å². The van der Waals surface area contributed by atoms with Crippen LogP contribution in [-0.4, -0.2) is 30.0 Å². The number of ether oxygens (including phenoxy) is 1. The summed E-state index contributed by atoms with van der Waals surface area (Å²) in [6.45, 7) is 11.5. The molecule has 0 saturated heterocycles. The molecule has 6 heteroatoms. The summed E-state index contributed by atoms with van der Waals surface area (Å²) in [5, 5.41) is 0. The van der Waals surface area contributed by atoms with Crippen LogP contribution in [0.1, 0.15) is 23.2 Å². The fraction of sp³-hybridized carbons (Fsp3) is 0.667. The lowest BCUT2D eigenvalue weighted by atomic mass is 10.3. The zero-order chi connectivity index (χ0) is 13.9. The molecule has 0 spiro atoms. The number of hydrogen-bond acceptors (Lipinski definition) is 3. The molecule has 0 N–H and O–H groups in total. The minimum Gasteiger partial charge on any atom is -0.361 e. The van der Waals surface area contributed by atoms with Crippen LogP contribution in [0.2, 0.25) is 25.7 Å². The normalized spacial score (nSPS) is 11.9. The molecule has 0 unspecified atom stereocenters. The Balaban J connectivity index is 2.65. The van der Waals surface area contributed by atoms with Crippen LogP contribution in [0.4, 0.5) is 0 Å². The molecule has 0 radical (unpaired) electrons. The van der Waals surface area contributed by atoms with Gasteiger partial charge in [0.2, 0.25) is 0 Å². The summed E-state index contributed by atoms with van der Waals surface area (Å²) in [4.78, 5) is 15.8. The van der Waals surface area contributed by atoms with E-state index in [1.165, 1.54) is 0 Å². The van der Waals surface area contributed by atoms with Crippen LogP contribution in [0.5, 0.6) is 0 Å². The van der Waals surface area contributed by atoms with E-state index in [2.05, 4.69) is 40.6 Å². The third kappa shape index (κ3) is 4.33. The highest BCUT2D eigenvalue weighted by Gasteiger charge is 2.17. The van der Waals surface area contributed by atoms with E-state index < -0.39 is 8.07 Å². The molecule has 4 nitrogen and oxygen atoms in total. The van der Waals surface area contributed by atoms with E-state index in [-0.39, 0.29) is 5.78 Å². The van der Waals surface area contributed by atoms with Crippen molar-refractivity contribution in [1.29, 1.82) is 0 Å². The van der Waals surface area contributed by atoms with Crippen LogP contribution < -0.4 is 0 Å². The lowest BCUT2D eigenvalue weighted by Gasteiger charge is -2.16. The summed E-state index contributed by atoms with van der Waals surface area (Å²) in [6, 6.07) is 1.12. The number of rotatable bonds is 6. The molecule has 0 aliphatic rings. The Bertz CT molecular complexity index is 438. The van der Waals surface area contributed by atoms with Gasteiger partial charge in [-0.15, -0.1) is 0 Å². The summed E-state index contributed by atoms with van der Waals surface area (Å²) >= 11 is 3.31. The number of hydrogen-bond donors (Lipinski definition) is 0. The second kappa shape index (κ2) is 6.12. The van der Waals surface area contributed by atoms with Gasteiger partial charge in [0.25, 0.3) is 0 Å². The highest BCUT2D eigenvalue weighted by atomic mass is 79.9. The van der Waals surface area contributed by atoms with Crippen molar-refractivity contribution in [2.75, 3.05) is 6.61 Å². The van der Waals surface area contributed by atoms with E-state index in [4.69, 9.17) is 4.74 Å². The molecule has 0 aromatic carbocycles. The van der Waals surface area contributed by atoms with Crippen molar-refractivity contribution < 1.29 is 9.53 Å². The van der Waals surface area contributed by atoms with Gasteiger partial charge in [0.1, 0.15) is 22.9 Å². The van der Waals surface area contributed by atoms with Gasteiger partial charge in [0.15, 0.2) is 5.78 Å². The molecular formula is C12H21BrN2O2Si. The first kappa shape index (κ1) is 15.6. The van der Waals surface area contributed by atoms with Gasteiger partial charge in [0, 0.05) is 21.6 Å². The number of imidazole rings is 1. The molecule has 0 saturated carbocycles. The Morgan fingerprint density at radius 1 is 1.44 bits per heavy atom. The molecule has 1 aromatic heterocycles. The van der Waals surface area contributed by atoms with Crippen LogP contribution in [0.3, 0.4) is 0 Å². The Morgan fingerprint density at radius 2 is 2.06 bits per heavy atom. The van der Waals surface area contributed by atoms with Crippen LogP contribution >= 0.6 is 15.9 Å². The minimum atomic E-state index is -1.07. The summed E-state index contributed by atoms with van der Waals surface area (Å²) in [6.07, 6.45) is 0. The van der Waals surface area contributed by atoms with Crippen LogP contribution in [0.15, 0.2) is 4.60 Å². The van der Waals surface area contributed by atoms with E-state index in [1.807, 2.05) is 11.5 Å². The van der Waals surface area contributed by atoms with Crippen LogP contribution in [0.25, 0.3) is 0 Å². The zero-order valence-corrected chi connectivity index (χ0v) is 14.3. The third-order valence-corrected chi connectivity index (χ3v) is 4.92. The Labute approximate surface area is 118 Å². The lowest BCUT2D eigenvalue weighted by Crippen LogP contribution is -2.22. The number of nitrogens with zero attached hydrogens (tertiary/aromatic N) is 2. The van der Waals surface area contributed by atoms with E-state index in [9.17, 15) is 4.79 Å². The third-order valence-electron chi connectivity index (χ3n) is 2.67. The van der Waals surface area contributed by atoms with Gasteiger partial charge in [-0.05, 0) is 28.9 Å². The summed E-state index contributed by atoms with van der Waals surface area (Å²) in [5.41, 5.74) is 0.584. The SMILES string of the molecule is CC(=O)c1c(Br)nc(C)n1COCC[Si](C)(C)C. The second-order valence-electron chi connectivity index (χ2n) is 5.63. The molecule has 1 heterocycles. The van der Waals surface area contributed by atoms with Gasteiger partial charge in [-0.3, -0.25) is 4.79 Å². The smallest absolute Gasteiger partial charge is 0.179 e. The van der Waals surface area contributed by atoms with Crippen molar-refractivity contribution >= 4 is 29.8 Å². The number of aryl methyl sites for hydroxylation is 1. The zero-order valence-electron chi connectivity index (χ0n) is 11.7. The average Bonchev–Trinajstić information content (AvgIpc) is 2.46. The minimum absolute atomic E-state index is 0.00345. The predicted octanol–water partition coefficient (Wildman–Crippen LogP) is 3.47. The van der Waals surface area contributed by atoms with Gasteiger partial charge < -0.3 is 9.30 Å². The Kier molecular flexibility index (Phi) is 5.30. The topological polar surface area (TPSA) is 44.1 Å². The van der Waals surface area contributed by atoms with Gasteiger partial charge in [-0.2, -0.15) is 0 Å². The maximum absolute atomic E-state index is 11.6. The first-order chi connectivity index (χ1) is 8.22. The number of aromatic nitrogens is 2. The number of carbonyl (C=O) groups excluding carboxylic acids is 1. The van der Waals surface area contributed by atoms with Gasteiger partial charge in [0.05, 0.1) is 0 Å². The van der Waals surface area contributed by atoms with Gasteiger partial charge >= 0.3 is 0 Å². The molecule has 0 atom stereocenters.